The fraction of sp³-hybridized carbons (Fsp3) is 0.222. The highest BCUT2D eigenvalue weighted by atomic mass is 16.5. The number of aryl methyl sites for hydroxylation is 1. The fourth-order valence-electron chi connectivity index (χ4n) is 2.79. The molecule has 0 fully saturated rings. The number of aromatic nitrogens is 1. The molecule has 0 unspecified atom stereocenters. The minimum absolute atomic E-state index is 0.0786. The first kappa shape index (κ1) is 15.9. The molecular formula is C18H18N2O4. The van der Waals surface area contributed by atoms with Gasteiger partial charge in [0.2, 0.25) is 0 Å². The van der Waals surface area contributed by atoms with Crippen molar-refractivity contribution in [2.45, 2.75) is 19.8 Å². The number of amides is 1. The highest BCUT2D eigenvalue weighted by molar-refractivity contribution is 6.35. The summed E-state index contributed by atoms with van der Waals surface area (Å²) in [5.74, 6) is -0.312. The molecule has 1 amide bonds. The predicted octanol–water partition coefficient (Wildman–Crippen LogP) is 2.84. The number of hydrogen-bond donors (Lipinski definition) is 3. The number of aliphatic carboxylic acids is 1. The third kappa shape index (κ3) is 2.90. The summed E-state index contributed by atoms with van der Waals surface area (Å²) in [4.78, 5) is 26.1. The van der Waals surface area contributed by atoms with Gasteiger partial charge in [0.25, 0.3) is 5.91 Å². The number of carboxylic acids is 1. The van der Waals surface area contributed by atoms with Gasteiger partial charge in [-0.1, -0.05) is 0 Å². The molecule has 1 aromatic heterocycles. The summed E-state index contributed by atoms with van der Waals surface area (Å²) in [7, 11) is 1.58. The van der Waals surface area contributed by atoms with Gasteiger partial charge in [0.05, 0.1) is 12.7 Å². The van der Waals surface area contributed by atoms with Gasteiger partial charge in [-0.25, -0.2) is 0 Å². The number of H-pyrrole nitrogens is 1. The zero-order chi connectivity index (χ0) is 17.3. The van der Waals surface area contributed by atoms with Crippen molar-refractivity contribution < 1.29 is 19.4 Å². The van der Waals surface area contributed by atoms with E-state index < -0.39 is 5.97 Å². The second-order valence-corrected chi connectivity index (χ2v) is 5.67. The fourth-order valence-corrected chi connectivity index (χ4v) is 2.79. The molecule has 1 aliphatic rings. The van der Waals surface area contributed by atoms with Crippen LogP contribution in [-0.4, -0.2) is 29.1 Å². The molecule has 2 heterocycles. The van der Waals surface area contributed by atoms with Crippen LogP contribution in [0.15, 0.2) is 24.4 Å². The van der Waals surface area contributed by atoms with Gasteiger partial charge in [-0.2, -0.15) is 0 Å². The lowest BCUT2D eigenvalue weighted by Gasteiger charge is -2.03. The Balaban J connectivity index is 1.95. The topological polar surface area (TPSA) is 91.4 Å². The Morgan fingerprint density at radius 1 is 1.38 bits per heavy atom. The quantitative estimate of drug-likeness (QED) is 0.737. The van der Waals surface area contributed by atoms with Gasteiger partial charge in [-0.3, -0.25) is 9.59 Å². The lowest BCUT2D eigenvalue weighted by molar-refractivity contribution is -0.137. The van der Waals surface area contributed by atoms with E-state index in [9.17, 15) is 9.59 Å². The first-order valence-electron chi connectivity index (χ1n) is 7.59. The number of methoxy groups -OCH3 is 1. The third-order valence-electron chi connectivity index (χ3n) is 4.19. The van der Waals surface area contributed by atoms with Crippen molar-refractivity contribution in [3.05, 3.63) is 46.8 Å². The number of carbonyl (C=O) groups excluding carboxylic acids is 1. The molecule has 3 N–H and O–H groups in total. The van der Waals surface area contributed by atoms with Crippen molar-refractivity contribution in [1.29, 1.82) is 0 Å². The van der Waals surface area contributed by atoms with Gasteiger partial charge >= 0.3 is 5.97 Å². The first-order valence-corrected chi connectivity index (χ1v) is 7.59. The number of carbonyl (C=O) groups is 2. The maximum absolute atomic E-state index is 12.3. The molecule has 0 spiro atoms. The molecule has 24 heavy (non-hydrogen) atoms. The van der Waals surface area contributed by atoms with E-state index in [0.717, 1.165) is 28.1 Å². The molecule has 1 aromatic carbocycles. The number of anilines is 1. The number of aromatic amines is 1. The maximum atomic E-state index is 12.3. The number of rotatable bonds is 5. The van der Waals surface area contributed by atoms with Crippen molar-refractivity contribution in [2.24, 2.45) is 0 Å². The first-order chi connectivity index (χ1) is 11.5. The monoisotopic (exact) mass is 326 g/mol. The van der Waals surface area contributed by atoms with Crippen molar-refractivity contribution in [3.8, 4) is 5.75 Å². The summed E-state index contributed by atoms with van der Waals surface area (Å²) < 4.78 is 5.23. The molecule has 0 aliphatic carbocycles. The molecular weight excluding hydrogens is 308 g/mol. The van der Waals surface area contributed by atoms with Crippen LogP contribution in [-0.2, 0) is 16.0 Å². The molecule has 0 atom stereocenters. The highest BCUT2D eigenvalue weighted by Gasteiger charge is 2.25. The average Bonchev–Trinajstić information content (AvgIpc) is 3.06. The lowest BCUT2D eigenvalue weighted by atomic mass is 10.0. The van der Waals surface area contributed by atoms with E-state index >= 15 is 0 Å². The number of ether oxygens (including phenoxy) is 1. The van der Waals surface area contributed by atoms with E-state index in [1.165, 1.54) is 0 Å². The summed E-state index contributed by atoms with van der Waals surface area (Å²) >= 11 is 0. The molecule has 0 saturated carbocycles. The van der Waals surface area contributed by atoms with Crippen molar-refractivity contribution in [3.63, 3.8) is 0 Å². The summed E-state index contributed by atoms with van der Waals surface area (Å²) in [5, 5.41) is 11.6. The summed E-state index contributed by atoms with van der Waals surface area (Å²) in [6.07, 6.45) is 4.12. The Morgan fingerprint density at radius 3 is 2.88 bits per heavy atom. The Morgan fingerprint density at radius 2 is 2.17 bits per heavy atom. The lowest BCUT2D eigenvalue weighted by Crippen LogP contribution is -2.03. The number of fused-ring (bicyclic) bond motifs is 1. The van der Waals surface area contributed by atoms with Gasteiger partial charge in [0.15, 0.2) is 0 Å². The van der Waals surface area contributed by atoms with Gasteiger partial charge in [0, 0.05) is 29.6 Å². The SMILES string of the molecule is COc1ccc2c(c1)/C(=C/c1[nH]cc(CCC(=O)O)c1C)C(=O)N2. The zero-order valence-electron chi connectivity index (χ0n) is 13.5. The van der Waals surface area contributed by atoms with Crippen LogP contribution < -0.4 is 10.1 Å². The van der Waals surface area contributed by atoms with E-state index in [0.29, 0.717) is 17.7 Å². The van der Waals surface area contributed by atoms with E-state index in [2.05, 4.69) is 10.3 Å². The van der Waals surface area contributed by atoms with Crippen LogP contribution >= 0.6 is 0 Å². The molecule has 3 rings (SSSR count). The Labute approximate surface area is 139 Å². The molecule has 6 nitrogen and oxygen atoms in total. The normalized spacial score (nSPS) is 14.6. The van der Waals surface area contributed by atoms with E-state index in [-0.39, 0.29) is 12.3 Å². The minimum atomic E-state index is -0.827. The average molecular weight is 326 g/mol. The smallest absolute Gasteiger partial charge is 0.303 e. The van der Waals surface area contributed by atoms with E-state index in [1.807, 2.05) is 19.1 Å². The van der Waals surface area contributed by atoms with Crippen LogP contribution in [0.3, 0.4) is 0 Å². The number of benzene rings is 1. The zero-order valence-corrected chi connectivity index (χ0v) is 13.5. The van der Waals surface area contributed by atoms with Gasteiger partial charge in [0.1, 0.15) is 5.75 Å². The van der Waals surface area contributed by atoms with Crippen molar-refractivity contribution >= 4 is 29.2 Å². The molecule has 6 heteroatoms. The second kappa shape index (κ2) is 6.23. The molecule has 0 saturated heterocycles. The van der Waals surface area contributed by atoms with Gasteiger partial charge in [-0.15, -0.1) is 0 Å². The molecule has 0 radical (unpaired) electrons. The van der Waals surface area contributed by atoms with Crippen LogP contribution in [0.25, 0.3) is 11.6 Å². The highest BCUT2D eigenvalue weighted by Crippen LogP contribution is 2.36. The third-order valence-corrected chi connectivity index (χ3v) is 4.19. The molecule has 2 aromatic rings. The summed E-state index contributed by atoms with van der Waals surface area (Å²) in [6.45, 7) is 1.92. The van der Waals surface area contributed by atoms with Gasteiger partial charge in [-0.05, 0) is 48.7 Å². The van der Waals surface area contributed by atoms with E-state index in [4.69, 9.17) is 9.84 Å². The largest absolute Gasteiger partial charge is 0.497 e. The van der Waals surface area contributed by atoms with Crippen LogP contribution in [0.1, 0.15) is 28.8 Å². The van der Waals surface area contributed by atoms with Crippen LogP contribution in [0, 0.1) is 6.92 Å². The molecule has 0 bridgehead atoms. The standard InChI is InChI=1S/C18H18N2O4/c1-10-11(3-6-17(21)22)9-19-16(10)8-14-13-7-12(24-2)4-5-15(13)20-18(14)23/h4-5,7-9,19H,3,6H2,1-2H3,(H,20,23)(H,21,22)/b14-8-. The Hall–Kier alpha value is -3.02. The minimum Gasteiger partial charge on any atom is -0.497 e. The Kier molecular flexibility index (Phi) is 4.12. The molecule has 1 aliphatic heterocycles. The van der Waals surface area contributed by atoms with Crippen LogP contribution in [0.5, 0.6) is 5.75 Å². The van der Waals surface area contributed by atoms with Crippen LogP contribution in [0.2, 0.25) is 0 Å². The number of nitrogens with one attached hydrogen (secondary N) is 2. The summed E-state index contributed by atoms with van der Waals surface area (Å²) in [5.41, 5.74) is 4.79. The van der Waals surface area contributed by atoms with Crippen LogP contribution in [0.4, 0.5) is 5.69 Å². The van der Waals surface area contributed by atoms with Crippen molar-refractivity contribution in [2.75, 3.05) is 12.4 Å². The molecule has 124 valence electrons. The number of hydrogen-bond acceptors (Lipinski definition) is 3. The second-order valence-electron chi connectivity index (χ2n) is 5.67. The maximum Gasteiger partial charge on any atom is 0.303 e. The van der Waals surface area contributed by atoms with E-state index in [1.54, 1.807) is 25.4 Å². The predicted molar refractivity (Wildman–Crippen MR) is 91.0 cm³/mol. The van der Waals surface area contributed by atoms with Crippen molar-refractivity contribution in [1.82, 2.24) is 4.98 Å². The Bertz CT molecular complexity index is 849. The summed E-state index contributed by atoms with van der Waals surface area (Å²) in [6, 6.07) is 5.43. The van der Waals surface area contributed by atoms with Gasteiger partial charge < -0.3 is 20.1 Å². The number of carboxylic acid groups (broad SMARTS) is 1.